The first kappa shape index (κ1) is 26.5. The predicted octanol–water partition coefficient (Wildman–Crippen LogP) is 5.37. The maximum absolute atomic E-state index is 13.1. The Hall–Kier alpha value is -2.72. The van der Waals surface area contributed by atoms with Gasteiger partial charge in [0.25, 0.3) is 22.9 Å². The Bertz CT molecular complexity index is 1280. The summed E-state index contributed by atoms with van der Waals surface area (Å²) in [4.78, 5) is 39.2. The number of aliphatic imine (C=N–C) groups is 1. The average molecular weight is 557 g/mol. The van der Waals surface area contributed by atoms with Crippen molar-refractivity contribution >= 4 is 29.4 Å². The number of alkyl halides is 2. The van der Waals surface area contributed by atoms with Gasteiger partial charge >= 0.3 is 0 Å². The summed E-state index contributed by atoms with van der Waals surface area (Å²) in [6.07, 6.45) is 7.41. The van der Waals surface area contributed by atoms with Crippen LogP contribution in [0.25, 0.3) is 0 Å². The minimum Gasteiger partial charge on any atom is -0.466 e. The Labute approximate surface area is 231 Å². The van der Waals surface area contributed by atoms with E-state index >= 15 is 0 Å². The number of thiazole rings is 1. The number of halogens is 2. The molecule has 2 aliphatic carbocycles. The van der Waals surface area contributed by atoms with Gasteiger partial charge in [-0.2, -0.15) is 0 Å². The number of nitrogens with zero attached hydrogens (tertiary/aromatic N) is 4. The topological polar surface area (TPSA) is 75.1 Å². The SMILES string of the molecule is CN1Cc2c(C(=O)N=CC3CCC(CCN4CCc5sc(OC6CC(F)(F)C6)nc5C4)CC3)cccc2C1=O. The van der Waals surface area contributed by atoms with Gasteiger partial charge in [-0.05, 0) is 74.6 Å². The third-order valence-corrected chi connectivity index (χ3v) is 9.68. The zero-order valence-electron chi connectivity index (χ0n) is 22.2. The normalized spacial score (nSPS) is 25.0. The molecule has 1 aromatic carbocycles. The van der Waals surface area contributed by atoms with Crippen LogP contribution in [-0.4, -0.2) is 65.0 Å². The van der Waals surface area contributed by atoms with Crippen LogP contribution in [0.2, 0.25) is 0 Å². The van der Waals surface area contributed by atoms with Crippen molar-refractivity contribution in [2.75, 3.05) is 20.1 Å². The molecule has 2 fully saturated rings. The number of benzene rings is 1. The van der Waals surface area contributed by atoms with Crippen LogP contribution in [0.3, 0.4) is 0 Å². The molecule has 10 heteroatoms. The molecular formula is C29H34F2N4O3S. The molecule has 1 aromatic heterocycles. The van der Waals surface area contributed by atoms with Gasteiger partial charge in [0.15, 0.2) is 0 Å². The van der Waals surface area contributed by atoms with Crippen molar-refractivity contribution in [2.45, 2.75) is 76.5 Å². The van der Waals surface area contributed by atoms with Gasteiger partial charge < -0.3 is 9.64 Å². The van der Waals surface area contributed by atoms with Crippen LogP contribution < -0.4 is 4.74 Å². The van der Waals surface area contributed by atoms with Crippen molar-refractivity contribution < 1.29 is 23.1 Å². The van der Waals surface area contributed by atoms with Gasteiger partial charge in [-0.1, -0.05) is 17.4 Å². The smallest absolute Gasteiger partial charge is 0.277 e. The maximum Gasteiger partial charge on any atom is 0.277 e. The molecule has 39 heavy (non-hydrogen) atoms. The number of aromatic nitrogens is 1. The number of rotatable bonds is 7. The summed E-state index contributed by atoms with van der Waals surface area (Å²) in [7, 11) is 1.75. The van der Waals surface area contributed by atoms with Crippen molar-refractivity contribution in [3.8, 4) is 5.19 Å². The second kappa shape index (κ2) is 10.7. The highest BCUT2D eigenvalue weighted by molar-refractivity contribution is 7.13. The van der Waals surface area contributed by atoms with E-state index in [1.807, 2.05) is 6.21 Å². The van der Waals surface area contributed by atoms with Crippen LogP contribution in [-0.2, 0) is 19.5 Å². The molecule has 0 atom stereocenters. The Morgan fingerprint density at radius 1 is 1.23 bits per heavy atom. The van der Waals surface area contributed by atoms with E-state index in [1.165, 1.54) is 16.2 Å². The lowest BCUT2D eigenvalue weighted by Crippen LogP contribution is -2.43. The Morgan fingerprint density at radius 3 is 2.79 bits per heavy atom. The molecule has 0 radical (unpaired) electrons. The summed E-state index contributed by atoms with van der Waals surface area (Å²) in [6, 6.07) is 5.30. The summed E-state index contributed by atoms with van der Waals surface area (Å²) in [5, 5.41) is 0.540. The first-order chi connectivity index (χ1) is 18.7. The number of ether oxygens (including phenoxy) is 1. The van der Waals surface area contributed by atoms with E-state index in [0.29, 0.717) is 34.7 Å². The van der Waals surface area contributed by atoms with Crippen molar-refractivity contribution in [1.29, 1.82) is 0 Å². The Balaban J connectivity index is 0.939. The monoisotopic (exact) mass is 556 g/mol. The molecule has 0 saturated heterocycles. The summed E-state index contributed by atoms with van der Waals surface area (Å²) in [5.41, 5.74) is 2.96. The predicted molar refractivity (Wildman–Crippen MR) is 145 cm³/mol. The Morgan fingerprint density at radius 2 is 2.03 bits per heavy atom. The lowest BCUT2D eigenvalue weighted by Gasteiger charge is -2.33. The first-order valence-corrected chi connectivity index (χ1v) is 14.8. The van der Waals surface area contributed by atoms with Crippen molar-refractivity contribution in [1.82, 2.24) is 14.8 Å². The van der Waals surface area contributed by atoms with Gasteiger partial charge in [0.05, 0.1) is 5.69 Å². The number of carbonyl (C=O) groups excluding carboxylic acids is 2. The molecular weight excluding hydrogens is 522 g/mol. The van der Waals surface area contributed by atoms with Crippen LogP contribution >= 0.6 is 11.3 Å². The van der Waals surface area contributed by atoms with E-state index in [4.69, 9.17) is 4.74 Å². The highest BCUT2D eigenvalue weighted by Gasteiger charge is 2.47. The van der Waals surface area contributed by atoms with E-state index < -0.39 is 12.0 Å². The van der Waals surface area contributed by atoms with Gasteiger partial charge in [-0.15, -0.1) is 0 Å². The van der Waals surface area contributed by atoms with Gasteiger partial charge in [-0.25, -0.2) is 18.8 Å². The fraction of sp³-hybridized carbons (Fsp3) is 0.586. The molecule has 0 N–H and O–H groups in total. The molecule has 0 spiro atoms. The van der Waals surface area contributed by atoms with E-state index in [-0.39, 0.29) is 24.7 Å². The van der Waals surface area contributed by atoms with Crippen LogP contribution in [0.4, 0.5) is 8.78 Å². The van der Waals surface area contributed by atoms with Crippen LogP contribution in [0, 0.1) is 11.8 Å². The molecule has 2 aliphatic heterocycles. The zero-order chi connectivity index (χ0) is 27.1. The lowest BCUT2D eigenvalue weighted by atomic mass is 9.81. The largest absolute Gasteiger partial charge is 0.466 e. The molecule has 2 aromatic rings. The fourth-order valence-corrected chi connectivity index (χ4v) is 7.18. The summed E-state index contributed by atoms with van der Waals surface area (Å²) in [6.45, 7) is 3.26. The number of fused-ring (bicyclic) bond motifs is 2. The Kier molecular flexibility index (Phi) is 7.26. The number of carbonyl (C=O) groups is 2. The standard InChI is InChI=1S/C29H34F2N4O3S/c1-34-16-23-21(3-2-4-22(23)27(34)37)26(36)32-15-19-7-5-18(6-8-19)9-11-35-12-10-25-24(17-35)33-28(39-25)38-20-13-29(30,31)14-20/h2-4,15,18-20H,5-14,16-17H2,1H3. The highest BCUT2D eigenvalue weighted by Crippen LogP contribution is 2.41. The quantitative estimate of drug-likeness (QED) is 0.429. The summed E-state index contributed by atoms with van der Waals surface area (Å²) < 4.78 is 31.9. The number of hydrogen-bond donors (Lipinski definition) is 0. The van der Waals surface area contributed by atoms with E-state index in [9.17, 15) is 18.4 Å². The average Bonchev–Trinajstić information content (AvgIpc) is 3.44. The first-order valence-electron chi connectivity index (χ1n) is 14.0. The molecule has 0 bridgehead atoms. The van der Waals surface area contributed by atoms with Crippen molar-refractivity contribution in [3.05, 3.63) is 45.5 Å². The molecule has 2 saturated carbocycles. The van der Waals surface area contributed by atoms with Gasteiger partial charge in [0.1, 0.15) is 6.10 Å². The maximum atomic E-state index is 13.1. The number of amides is 2. The third-order valence-electron chi connectivity index (χ3n) is 8.63. The molecule has 6 rings (SSSR count). The summed E-state index contributed by atoms with van der Waals surface area (Å²) in [5.74, 6) is -1.91. The molecule has 208 valence electrons. The molecule has 7 nitrogen and oxygen atoms in total. The minimum absolute atomic E-state index is 0.0454. The van der Waals surface area contributed by atoms with Crippen LogP contribution in [0.15, 0.2) is 23.2 Å². The van der Waals surface area contributed by atoms with Crippen molar-refractivity contribution in [3.63, 3.8) is 0 Å². The number of hydrogen-bond acceptors (Lipinski definition) is 6. The van der Waals surface area contributed by atoms with Crippen LogP contribution in [0.1, 0.15) is 81.8 Å². The molecule has 0 unspecified atom stereocenters. The van der Waals surface area contributed by atoms with E-state index in [0.717, 1.165) is 69.4 Å². The third kappa shape index (κ3) is 5.77. The highest BCUT2D eigenvalue weighted by atomic mass is 32.1. The van der Waals surface area contributed by atoms with E-state index in [1.54, 1.807) is 30.1 Å². The van der Waals surface area contributed by atoms with Crippen LogP contribution in [0.5, 0.6) is 5.19 Å². The summed E-state index contributed by atoms with van der Waals surface area (Å²) >= 11 is 1.51. The molecule has 4 aliphatic rings. The van der Waals surface area contributed by atoms with Gasteiger partial charge in [0, 0.05) is 61.7 Å². The molecule has 2 amide bonds. The molecule has 3 heterocycles. The fourth-order valence-electron chi connectivity index (χ4n) is 6.21. The second-order valence-electron chi connectivity index (χ2n) is 11.5. The van der Waals surface area contributed by atoms with Gasteiger partial charge in [0.2, 0.25) is 0 Å². The van der Waals surface area contributed by atoms with Gasteiger partial charge in [-0.3, -0.25) is 14.5 Å². The van der Waals surface area contributed by atoms with E-state index in [2.05, 4.69) is 14.9 Å². The minimum atomic E-state index is -2.58. The van der Waals surface area contributed by atoms with Crippen molar-refractivity contribution in [2.24, 2.45) is 16.8 Å². The zero-order valence-corrected chi connectivity index (χ0v) is 23.0. The lowest BCUT2D eigenvalue weighted by molar-refractivity contribution is -0.134. The second-order valence-corrected chi connectivity index (χ2v) is 12.6.